The predicted molar refractivity (Wildman–Crippen MR) is 78.5 cm³/mol. The zero-order valence-electron chi connectivity index (χ0n) is 10.8. The van der Waals surface area contributed by atoms with E-state index < -0.39 is 6.10 Å². The molecule has 104 valence electrons. The predicted octanol–water partition coefficient (Wildman–Crippen LogP) is 2.43. The summed E-state index contributed by atoms with van der Waals surface area (Å²) in [5.74, 6) is 0. The van der Waals surface area contributed by atoms with Gasteiger partial charge in [-0.1, -0.05) is 6.07 Å². The highest BCUT2D eigenvalue weighted by molar-refractivity contribution is 7.10. The van der Waals surface area contributed by atoms with Crippen molar-refractivity contribution in [3.63, 3.8) is 0 Å². The number of aliphatic hydroxyl groups is 1. The number of aliphatic hydroxyl groups excluding tert-OH is 1. The fraction of sp³-hybridized carbons (Fsp3) is 0.462. The summed E-state index contributed by atoms with van der Waals surface area (Å²) in [4.78, 5) is 5.41. The minimum atomic E-state index is -0.498. The highest BCUT2D eigenvalue weighted by Gasteiger charge is 2.10. The zero-order valence-corrected chi connectivity index (χ0v) is 12.4. The van der Waals surface area contributed by atoms with E-state index in [9.17, 15) is 5.11 Å². The van der Waals surface area contributed by atoms with Crippen LogP contribution in [0.4, 0.5) is 0 Å². The third-order valence-corrected chi connectivity index (χ3v) is 4.42. The fourth-order valence-corrected chi connectivity index (χ4v) is 2.91. The van der Waals surface area contributed by atoms with Gasteiger partial charge in [0, 0.05) is 23.0 Å². The summed E-state index contributed by atoms with van der Waals surface area (Å²) in [6, 6.07) is 4.18. The van der Waals surface area contributed by atoms with E-state index in [0.717, 1.165) is 5.01 Å². The van der Waals surface area contributed by atoms with Gasteiger partial charge in [-0.05, 0) is 18.4 Å². The normalized spacial score (nSPS) is 14.4. The maximum atomic E-state index is 9.82. The van der Waals surface area contributed by atoms with Crippen LogP contribution in [0.25, 0.3) is 0 Å². The molecular weight excluding hydrogens is 280 g/mol. The molecular formula is C13H18N2O2S2. The Bertz CT molecular complexity index is 445. The zero-order chi connectivity index (χ0) is 13.5. The Morgan fingerprint density at radius 1 is 1.42 bits per heavy atom. The maximum absolute atomic E-state index is 9.82. The molecule has 0 radical (unpaired) electrons. The molecule has 2 aromatic heterocycles. The minimum Gasteiger partial charge on any atom is -0.389 e. The highest BCUT2D eigenvalue weighted by atomic mass is 32.1. The van der Waals surface area contributed by atoms with E-state index in [1.807, 2.05) is 29.8 Å². The van der Waals surface area contributed by atoms with Crippen molar-refractivity contribution >= 4 is 22.7 Å². The molecule has 19 heavy (non-hydrogen) atoms. The van der Waals surface area contributed by atoms with Crippen LogP contribution in [0.3, 0.4) is 0 Å². The summed E-state index contributed by atoms with van der Waals surface area (Å²) >= 11 is 3.28. The first-order valence-electron chi connectivity index (χ1n) is 6.16. The van der Waals surface area contributed by atoms with Gasteiger partial charge >= 0.3 is 0 Å². The number of thiazole rings is 1. The molecule has 4 nitrogen and oxygen atoms in total. The number of nitrogens with one attached hydrogen (secondary N) is 1. The molecule has 2 aromatic rings. The molecule has 2 unspecified atom stereocenters. The van der Waals surface area contributed by atoms with Gasteiger partial charge in [0.15, 0.2) is 0 Å². The van der Waals surface area contributed by atoms with E-state index in [1.54, 1.807) is 28.9 Å². The molecule has 0 aliphatic carbocycles. The lowest BCUT2D eigenvalue weighted by atomic mass is 10.3. The molecule has 2 atom stereocenters. The van der Waals surface area contributed by atoms with Crippen LogP contribution in [0.2, 0.25) is 0 Å². The van der Waals surface area contributed by atoms with E-state index >= 15 is 0 Å². The van der Waals surface area contributed by atoms with E-state index in [1.165, 1.54) is 4.88 Å². The molecule has 2 heterocycles. The topological polar surface area (TPSA) is 54.4 Å². The van der Waals surface area contributed by atoms with Gasteiger partial charge < -0.3 is 15.2 Å². The van der Waals surface area contributed by atoms with E-state index in [4.69, 9.17) is 4.74 Å². The van der Waals surface area contributed by atoms with Crippen molar-refractivity contribution in [3.05, 3.63) is 39.0 Å². The third kappa shape index (κ3) is 5.00. The first-order valence-corrected chi connectivity index (χ1v) is 7.92. The summed E-state index contributed by atoms with van der Waals surface area (Å²) in [5.41, 5.74) is 0. The summed E-state index contributed by atoms with van der Waals surface area (Å²) < 4.78 is 5.47. The molecule has 0 aromatic carbocycles. The van der Waals surface area contributed by atoms with Crippen molar-refractivity contribution in [2.75, 3.05) is 13.2 Å². The van der Waals surface area contributed by atoms with Crippen LogP contribution in [0, 0.1) is 0 Å². The average Bonchev–Trinajstić information content (AvgIpc) is 3.08. The van der Waals surface area contributed by atoms with Gasteiger partial charge in [0.2, 0.25) is 0 Å². The van der Waals surface area contributed by atoms with Gasteiger partial charge in [-0.15, -0.1) is 22.7 Å². The second-order valence-corrected chi connectivity index (χ2v) is 6.21. The molecule has 2 N–H and O–H groups in total. The van der Waals surface area contributed by atoms with Crippen molar-refractivity contribution in [2.45, 2.75) is 25.7 Å². The number of aromatic nitrogens is 1. The molecule has 0 amide bonds. The van der Waals surface area contributed by atoms with Gasteiger partial charge in [-0.3, -0.25) is 0 Å². The van der Waals surface area contributed by atoms with Gasteiger partial charge in [0.1, 0.15) is 5.01 Å². The first-order chi connectivity index (χ1) is 9.25. The number of ether oxygens (including phenoxy) is 1. The lowest BCUT2D eigenvalue weighted by Crippen LogP contribution is -2.32. The number of hydrogen-bond acceptors (Lipinski definition) is 6. The van der Waals surface area contributed by atoms with Crippen molar-refractivity contribution in [3.8, 4) is 0 Å². The Hall–Kier alpha value is -0.790. The monoisotopic (exact) mass is 298 g/mol. The van der Waals surface area contributed by atoms with Gasteiger partial charge in [-0.25, -0.2) is 4.98 Å². The number of nitrogens with zero attached hydrogens (tertiary/aromatic N) is 1. The smallest absolute Gasteiger partial charge is 0.109 e. The molecule has 0 bridgehead atoms. The van der Waals surface area contributed by atoms with E-state index in [0.29, 0.717) is 19.8 Å². The molecule has 0 aliphatic rings. The lowest BCUT2D eigenvalue weighted by molar-refractivity contribution is 0.0288. The second kappa shape index (κ2) is 7.72. The summed E-state index contributed by atoms with van der Waals surface area (Å²) in [6.07, 6.45) is 1.29. The molecule has 0 saturated carbocycles. The largest absolute Gasteiger partial charge is 0.389 e. The Kier molecular flexibility index (Phi) is 5.93. The molecule has 2 rings (SSSR count). The molecule has 0 aliphatic heterocycles. The molecule has 0 spiro atoms. The Labute approximate surface area is 121 Å². The minimum absolute atomic E-state index is 0.159. The second-order valence-electron chi connectivity index (χ2n) is 4.25. The van der Waals surface area contributed by atoms with Crippen LogP contribution in [0.5, 0.6) is 0 Å². The van der Waals surface area contributed by atoms with Crippen molar-refractivity contribution in [1.29, 1.82) is 0 Å². The third-order valence-electron chi connectivity index (χ3n) is 2.62. The van der Waals surface area contributed by atoms with Crippen LogP contribution in [0.15, 0.2) is 29.1 Å². The average molecular weight is 298 g/mol. The van der Waals surface area contributed by atoms with Crippen LogP contribution < -0.4 is 5.32 Å². The van der Waals surface area contributed by atoms with Crippen molar-refractivity contribution < 1.29 is 9.84 Å². The van der Waals surface area contributed by atoms with Crippen LogP contribution in [0.1, 0.15) is 22.9 Å². The lowest BCUT2D eigenvalue weighted by Gasteiger charge is -2.15. The number of hydrogen-bond donors (Lipinski definition) is 2. The number of thiophene rings is 1. The molecule has 0 saturated heterocycles. The van der Waals surface area contributed by atoms with Crippen molar-refractivity contribution in [2.24, 2.45) is 0 Å². The van der Waals surface area contributed by atoms with E-state index in [-0.39, 0.29) is 6.04 Å². The Balaban J connectivity index is 1.60. The first kappa shape index (κ1) is 14.6. The summed E-state index contributed by atoms with van der Waals surface area (Å²) in [7, 11) is 0. The summed E-state index contributed by atoms with van der Waals surface area (Å²) in [6.45, 7) is 3.45. The van der Waals surface area contributed by atoms with Gasteiger partial charge in [0.25, 0.3) is 0 Å². The molecule has 6 heteroatoms. The van der Waals surface area contributed by atoms with Gasteiger partial charge in [-0.2, -0.15) is 0 Å². The van der Waals surface area contributed by atoms with Crippen LogP contribution >= 0.6 is 22.7 Å². The van der Waals surface area contributed by atoms with Crippen LogP contribution in [-0.4, -0.2) is 29.3 Å². The maximum Gasteiger partial charge on any atom is 0.109 e. The Morgan fingerprint density at radius 2 is 2.32 bits per heavy atom. The van der Waals surface area contributed by atoms with Crippen molar-refractivity contribution in [1.82, 2.24) is 10.3 Å². The fourth-order valence-electron chi connectivity index (χ4n) is 1.60. The Morgan fingerprint density at radius 3 is 3.00 bits per heavy atom. The summed E-state index contributed by atoms with van der Waals surface area (Å²) in [5, 5.41) is 18.1. The standard InChI is InChI=1S/C13H18N2O2S2/c1-10(13-14-4-6-19-13)15-7-11(16)8-17-9-12-3-2-5-18-12/h2-6,10-11,15-16H,7-9H2,1H3. The van der Waals surface area contributed by atoms with Gasteiger partial charge in [0.05, 0.1) is 25.4 Å². The highest BCUT2D eigenvalue weighted by Crippen LogP contribution is 2.14. The van der Waals surface area contributed by atoms with E-state index in [2.05, 4.69) is 10.3 Å². The number of rotatable bonds is 8. The SMILES string of the molecule is CC(NCC(O)COCc1cccs1)c1nccs1. The molecule has 0 fully saturated rings. The van der Waals surface area contributed by atoms with Crippen LogP contribution in [-0.2, 0) is 11.3 Å². The quantitative estimate of drug-likeness (QED) is 0.786.